The first-order valence-corrected chi connectivity index (χ1v) is 6.27. The maximum absolute atomic E-state index is 9.28. The van der Waals surface area contributed by atoms with E-state index in [9.17, 15) is 5.11 Å². The second kappa shape index (κ2) is 5.36. The molecule has 2 rings (SSSR count). The summed E-state index contributed by atoms with van der Waals surface area (Å²) in [5.74, 6) is 0.623. The van der Waals surface area contributed by atoms with Gasteiger partial charge in [-0.15, -0.1) is 0 Å². The van der Waals surface area contributed by atoms with Crippen molar-refractivity contribution in [3.8, 4) is 0 Å². The molecule has 1 aliphatic rings. The molecule has 0 radical (unpaired) electrons. The van der Waals surface area contributed by atoms with Gasteiger partial charge in [0.25, 0.3) is 0 Å². The summed E-state index contributed by atoms with van der Waals surface area (Å²) >= 11 is 0. The number of nitrogens with zero attached hydrogens (tertiary/aromatic N) is 2. The quantitative estimate of drug-likeness (QED) is 0.816. The fourth-order valence-electron chi connectivity index (χ4n) is 2.28. The van der Waals surface area contributed by atoms with Gasteiger partial charge in [-0.1, -0.05) is 0 Å². The van der Waals surface area contributed by atoms with Crippen LogP contribution in [0.15, 0.2) is 18.5 Å². The first-order chi connectivity index (χ1) is 8.19. The number of hydrogen-bond donors (Lipinski definition) is 2. The summed E-state index contributed by atoms with van der Waals surface area (Å²) in [6, 6.07) is 2.12. The van der Waals surface area contributed by atoms with Crippen LogP contribution in [-0.2, 0) is 0 Å². The average Bonchev–Trinajstić information content (AvgIpc) is 2.28. The van der Waals surface area contributed by atoms with Crippen LogP contribution in [-0.4, -0.2) is 36.3 Å². The molecule has 1 aliphatic carbocycles. The van der Waals surface area contributed by atoms with Gasteiger partial charge in [0.2, 0.25) is 0 Å². The molecule has 1 aromatic rings. The molecule has 0 spiro atoms. The van der Waals surface area contributed by atoms with Gasteiger partial charge >= 0.3 is 0 Å². The third-order valence-corrected chi connectivity index (χ3v) is 3.29. The lowest BCUT2D eigenvalue weighted by atomic mass is 9.82. The molecule has 0 aliphatic heterocycles. The molecule has 0 atom stereocenters. The minimum absolute atomic E-state index is 0.0698. The van der Waals surface area contributed by atoms with E-state index in [4.69, 9.17) is 0 Å². The molecule has 4 nitrogen and oxygen atoms in total. The number of aliphatic hydroxyl groups excluding tert-OH is 1. The predicted octanol–water partition coefficient (Wildman–Crippen LogP) is 1.72. The number of pyridine rings is 1. The molecule has 1 heterocycles. The highest BCUT2D eigenvalue weighted by molar-refractivity contribution is 5.55. The van der Waals surface area contributed by atoms with E-state index in [2.05, 4.69) is 35.2 Å². The summed E-state index contributed by atoms with van der Waals surface area (Å²) in [6.07, 6.45) is 5.53. The van der Waals surface area contributed by atoms with Crippen molar-refractivity contribution in [1.82, 2.24) is 4.98 Å². The topological polar surface area (TPSA) is 48.4 Å². The summed E-state index contributed by atoms with van der Waals surface area (Å²) in [7, 11) is 2.08. The Hall–Kier alpha value is -1.29. The van der Waals surface area contributed by atoms with Crippen LogP contribution in [0.2, 0.25) is 0 Å². The number of aliphatic hydroxyl groups is 1. The van der Waals surface area contributed by atoms with Crippen molar-refractivity contribution < 1.29 is 5.11 Å². The SMILES string of the molecule is CCNc1cncc(N(C)CC2CC(O)C2)c1. The Kier molecular flexibility index (Phi) is 3.84. The lowest BCUT2D eigenvalue weighted by Gasteiger charge is -2.35. The Morgan fingerprint density at radius 3 is 2.88 bits per heavy atom. The van der Waals surface area contributed by atoms with Gasteiger partial charge in [-0.05, 0) is 31.7 Å². The molecule has 94 valence electrons. The van der Waals surface area contributed by atoms with Gasteiger partial charge < -0.3 is 15.3 Å². The van der Waals surface area contributed by atoms with Crippen LogP contribution < -0.4 is 10.2 Å². The van der Waals surface area contributed by atoms with Crippen molar-refractivity contribution in [1.29, 1.82) is 0 Å². The summed E-state index contributed by atoms with van der Waals surface area (Å²) in [6.45, 7) is 3.98. The summed E-state index contributed by atoms with van der Waals surface area (Å²) in [5, 5.41) is 12.5. The van der Waals surface area contributed by atoms with E-state index in [0.29, 0.717) is 5.92 Å². The van der Waals surface area contributed by atoms with Crippen molar-refractivity contribution in [2.45, 2.75) is 25.9 Å². The fraction of sp³-hybridized carbons (Fsp3) is 0.615. The van der Waals surface area contributed by atoms with Gasteiger partial charge in [0.05, 0.1) is 29.9 Å². The van der Waals surface area contributed by atoms with Crippen LogP contribution in [0, 0.1) is 5.92 Å². The molecule has 0 saturated heterocycles. The van der Waals surface area contributed by atoms with Crippen LogP contribution in [0.1, 0.15) is 19.8 Å². The fourth-order valence-corrected chi connectivity index (χ4v) is 2.28. The molecule has 17 heavy (non-hydrogen) atoms. The molecule has 4 heteroatoms. The molecule has 0 aromatic carbocycles. The number of hydrogen-bond acceptors (Lipinski definition) is 4. The summed E-state index contributed by atoms with van der Waals surface area (Å²) < 4.78 is 0. The molecule has 1 saturated carbocycles. The third kappa shape index (κ3) is 3.09. The van der Waals surface area contributed by atoms with E-state index in [1.807, 2.05) is 12.4 Å². The van der Waals surface area contributed by atoms with Crippen molar-refractivity contribution in [3.63, 3.8) is 0 Å². The van der Waals surface area contributed by atoms with Crippen LogP contribution in [0.3, 0.4) is 0 Å². The molecule has 0 unspecified atom stereocenters. The first-order valence-electron chi connectivity index (χ1n) is 6.27. The van der Waals surface area contributed by atoms with E-state index >= 15 is 0 Å². The number of rotatable bonds is 5. The molecular weight excluding hydrogens is 214 g/mol. The molecule has 2 N–H and O–H groups in total. The number of aromatic nitrogens is 1. The van der Waals surface area contributed by atoms with Crippen molar-refractivity contribution >= 4 is 11.4 Å². The van der Waals surface area contributed by atoms with Crippen LogP contribution in [0.4, 0.5) is 11.4 Å². The summed E-state index contributed by atoms with van der Waals surface area (Å²) in [4.78, 5) is 6.45. The zero-order valence-corrected chi connectivity index (χ0v) is 10.6. The molecule has 0 amide bonds. The highest BCUT2D eigenvalue weighted by atomic mass is 16.3. The molecule has 1 aromatic heterocycles. The van der Waals surface area contributed by atoms with Gasteiger partial charge in [-0.3, -0.25) is 4.98 Å². The lowest BCUT2D eigenvalue weighted by molar-refractivity contribution is 0.0465. The Morgan fingerprint density at radius 1 is 1.47 bits per heavy atom. The Labute approximate surface area is 103 Å². The number of nitrogens with one attached hydrogen (secondary N) is 1. The maximum Gasteiger partial charge on any atom is 0.0570 e. The average molecular weight is 235 g/mol. The first kappa shape index (κ1) is 12.2. The van der Waals surface area contributed by atoms with Gasteiger partial charge in [-0.25, -0.2) is 0 Å². The van der Waals surface area contributed by atoms with Crippen molar-refractivity contribution in [2.24, 2.45) is 5.92 Å². The van der Waals surface area contributed by atoms with Gasteiger partial charge in [0, 0.05) is 20.1 Å². The van der Waals surface area contributed by atoms with Gasteiger partial charge in [0.1, 0.15) is 0 Å². The molecule has 0 bridgehead atoms. The van der Waals surface area contributed by atoms with Crippen LogP contribution in [0.5, 0.6) is 0 Å². The normalized spacial score (nSPS) is 23.0. The standard InChI is InChI=1S/C13H21N3O/c1-3-15-11-6-12(8-14-7-11)16(2)9-10-4-13(17)5-10/h6-8,10,13,15,17H,3-5,9H2,1-2H3. The minimum Gasteiger partial charge on any atom is -0.393 e. The van der Waals surface area contributed by atoms with E-state index < -0.39 is 0 Å². The maximum atomic E-state index is 9.28. The van der Waals surface area contributed by atoms with E-state index in [-0.39, 0.29) is 6.10 Å². The van der Waals surface area contributed by atoms with Gasteiger partial charge in [-0.2, -0.15) is 0 Å². The second-order valence-electron chi connectivity index (χ2n) is 4.83. The van der Waals surface area contributed by atoms with Crippen molar-refractivity contribution in [2.75, 3.05) is 30.4 Å². The third-order valence-electron chi connectivity index (χ3n) is 3.29. The van der Waals surface area contributed by atoms with Crippen LogP contribution >= 0.6 is 0 Å². The zero-order valence-electron chi connectivity index (χ0n) is 10.6. The van der Waals surface area contributed by atoms with E-state index in [1.165, 1.54) is 0 Å². The predicted molar refractivity (Wildman–Crippen MR) is 70.4 cm³/mol. The Bertz CT molecular complexity index is 363. The van der Waals surface area contributed by atoms with E-state index in [1.54, 1.807) is 0 Å². The minimum atomic E-state index is -0.0698. The Morgan fingerprint density at radius 2 is 2.24 bits per heavy atom. The summed E-state index contributed by atoms with van der Waals surface area (Å²) in [5.41, 5.74) is 2.19. The molecule has 1 fully saturated rings. The van der Waals surface area contributed by atoms with Crippen LogP contribution in [0.25, 0.3) is 0 Å². The number of anilines is 2. The smallest absolute Gasteiger partial charge is 0.0570 e. The molecular formula is C13H21N3O. The van der Waals surface area contributed by atoms with E-state index in [0.717, 1.165) is 37.3 Å². The monoisotopic (exact) mass is 235 g/mol. The lowest BCUT2D eigenvalue weighted by Crippen LogP contribution is -2.37. The highest BCUT2D eigenvalue weighted by Crippen LogP contribution is 2.29. The zero-order chi connectivity index (χ0) is 12.3. The second-order valence-corrected chi connectivity index (χ2v) is 4.83. The van der Waals surface area contributed by atoms with Gasteiger partial charge in [0.15, 0.2) is 0 Å². The highest BCUT2D eigenvalue weighted by Gasteiger charge is 2.28. The van der Waals surface area contributed by atoms with Crippen molar-refractivity contribution in [3.05, 3.63) is 18.5 Å². The Balaban J connectivity index is 1.93. The largest absolute Gasteiger partial charge is 0.393 e.